The molecule has 0 aliphatic heterocycles. The van der Waals surface area contributed by atoms with Gasteiger partial charge in [-0.3, -0.25) is 4.79 Å². The number of carbonyl (C=O) groups is 1. The molecule has 0 aromatic carbocycles. The van der Waals surface area contributed by atoms with Gasteiger partial charge in [0.15, 0.2) is 0 Å². The van der Waals surface area contributed by atoms with E-state index in [2.05, 4.69) is 40.1 Å². The van der Waals surface area contributed by atoms with Crippen LogP contribution in [0.15, 0.2) is 16.7 Å². The Balaban J connectivity index is 2.28. The molecule has 1 aromatic heterocycles. The number of rotatable bonds is 5. The molecule has 1 aromatic rings. The quantitative estimate of drug-likeness (QED) is 0.904. The van der Waals surface area contributed by atoms with Crippen LogP contribution in [-0.2, 0) is 0 Å². The van der Waals surface area contributed by atoms with Gasteiger partial charge in [-0.05, 0) is 40.8 Å². The van der Waals surface area contributed by atoms with E-state index in [1.54, 1.807) is 13.2 Å². The van der Waals surface area contributed by atoms with Gasteiger partial charge in [0.2, 0.25) is 0 Å². The number of hydrogen-bond donors (Lipinski definition) is 1. The minimum absolute atomic E-state index is 0.0781. The number of hydrogen-bond acceptors (Lipinski definition) is 3. The lowest BCUT2D eigenvalue weighted by Gasteiger charge is -2.25. The number of halogens is 1. The van der Waals surface area contributed by atoms with Crippen LogP contribution in [0.3, 0.4) is 0 Å². The molecule has 0 bridgehead atoms. The molecule has 0 radical (unpaired) electrons. The van der Waals surface area contributed by atoms with E-state index in [4.69, 9.17) is 0 Å². The molecule has 0 atom stereocenters. The normalized spacial score (nSPS) is 14.6. The number of carbonyl (C=O) groups excluding carboxylic acids is 1. The molecular formula is C14H20BrN3O. The maximum Gasteiger partial charge on any atom is 0.257 e. The Morgan fingerprint density at radius 3 is 2.79 bits per heavy atom. The highest BCUT2D eigenvalue weighted by Gasteiger charge is 2.34. The summed E-state index contributed by atoms with van der Waals surface area (Å²) in [5.74, 6) is 1.19. The van der Waals surface area contributed by atoms with Crippen LogP contribution in [0, 0.1) is 5.92 Å². The monoisotopic (exact) mass is 325 g/mol. The zero-order valence-corrected chi connectivity index (χ0v) is 13.2. The standard InChI is InChI=1S/C14H20BrN3O/c1-9(2)8-18(11-4-5-11)14(19)12-6-10(15)7-17-13(12)16-3/h6-7,9,11H,4-5,8H2,1-3H3,(H,16,17). The summed E-state index contributed by atoms with van der Waals surface area (Å²) < 4.78 is 0.829. The fourth-order valence-corrected chi connectivity index (χ4v) is 2.46. The fourth-order valence-electron chi connectivity index (χ4n) is 2.13. The second-order valence-electron chi connectivity index (χ2n) is 5.38. The van der Waals surface area contributed by atoms with Crippen LogP contribution < -0.4 is 5.32 Å². The van der Waals surface area contributed by atoms with Crippen LogP contribution in [0.5, 0.6) is 0 Å². The van der Waals surface area contributed by atoms with E-state index in [-0.39, 0.29) is 5.91 Å². The van der Waals surface area contributed by atoms with Gasteiger partial charge in [0.1, 0.15) is 5.82 Å². The summed E-state index contributed by atoms with van der Waals surface area (Å²) in [6.45, 7) is 5.08. The first-order valence-electron chi connectivity index (χ1n) is 6.67. The van der Waals surface area contributed by atoms with E-state index in [1.807, 2.05) is 11.0 Å². The van der Waals surface area contributed by atoms with Crippen molar-refractivity contribution in [3.05, 3.63) is 22.3 Å². The molecule has 2 rings (SSSR count). The molecule has 0 spiro atoms. The summed E-state index contributed by atoms with van der Waals surface area (Å²) >= 11 is 3.39. The van der Waals surface area contributed by atoms with E-state index in [1.165, 1.54) is 0 Å². The van der Waals surface area contributed by atoms with Crippen LogP contribution >= 0.6 is 15.9 Å². The number of nitrogens with zero attached hydrogens (tertiary/aromatic N) is 2. The van der Waals surface area contributed by atoms with Gasteiger partial charge in [0.05, 0.1) is 5.56 Å². The Kier molecular flexibility index (Phi) is 4.45. The molecule has 1 amide bonds. The first kappa shape index (κ1) is 14.3. The average Bonchev–Trinajstić information content (AvgIpc) is 3.19. The molecule has 1 heterocycles. The Morgan fingerprint density at radius 2 is 2.26 bits per heavy atom. The highest BCUT2D eigenvalue weighted by Crippen LogP contribution is 2.30. The van der Waals surface area contributed by atoms with Gasteiger partial charge in [-0.1, -0.05) is 13.8 Å². The summed E-state index contributed by atoms with van der Waals surface area (Å²) in [7, 11) is 1.79. The topological polar surface area (TPSA) is 45.2 Å². The lowest BCUT2D eigenvalue weighted by molar-refractivity contribution is 0.0723. The second-order valence-corrected chi connectivity index (χ2v) is 6.30. The van der Waals surface area contributed by atoms with Crippen LogP contribution in [0.2, 0.25) is 0 Å². The largest absolute Gasteiger partial charge is 0.372 e. The van der Waals surface area contributed by atoms with Crippen LogP contribution in [0.25, 0.3) is 0 Å². The summed E-state index contributed by atoms with van der Waals surface area (Å²) in [5.41, 5.74) is 0.643. The lowest BCUT2D eigenvalue weighted by Crippen LogP contribution is -2.36. The minimum Gasteiger partial charge on any atom is -0.372 e. The van der Waals surface area contributed by atoms with Crippen molar-refractivity contribution in [1.29, 1.82) is 0 Å². The predicted octanol–water partition coefficient (Wildman–Crippen LogP) is 3.15. The average molecular weight is 326 g/mol. The minimum atomic E-state index is 0.0781. The van der Waals surface area contributed by atoms with Gasteiger partial charge in [0.25, 0.3) is 5.91 Å². The molecule has 1 saturated carbocycles. The van der Waals surface area contributed by atoms with E-state index < -0.39 is 0 Å². The third-order valence-corrected chi connectivity index (χ3v) is 3.57. The van der Waals surface area contributed by atoms with E-state index >= 15 is 0 Å². The summed E-state index contributed by atoms with van der Waals surface area (Å²) in [6, 6.07) is 2.26. The van der Waals surface area contributed by atoms with Gasteiger partial charge in [-0.2, -0.15) is 0 Å². The highest BCUT2D eigenvalue weighted by molar-refractivity contribution is 9.10. The van der Waals surface area contributed by atoms with E-state index in [0.29, 0.717) is 23.3 Å². The maximum atomic E-state index is 12.7. The van der Waals surface area contributed by atoms with Crippen LogP contribution in [0.4, 0.5) is 5.82 Å². The third kappa shape index (κ3) is 3.47. The van der Waals surface area contributed by atoms with Gasteiger partial charge in [-0.15, -0.1) is 0 Å². The van der Waals surface area contributed by atoms with Crippen molar-refractivity contribution in [2.45, 2.75) is 32.7 Å². The van der Waals surface area contributed by atoms with E-state index in [9.17, 15) is 4.79 Å². The number of aromatic nitrogens is 1. The van der Waals surface area contributed by atoms with Crippen molar-refractivity contribution in [3.8, 4) is 0 Å². The van der Waals surface area contributed by atoms with Crippen molar-refractivity contribution in [1.82, 2.24) is 9.88 Å². The first-order valence-corrected chi connectivity index (χ1v) is 7.46. The highest BCUT2D eigenvalue weighted by atomic mass is 79.9. The molecule has 1 aliphatic rings. The van der Waals surface area contributed by atoms with Crippen molar-refractivity contribution < 1.29 is 4.79 Å². The van der Waals surface area contributed by atoms with E-state index in [0.717, 1.165) is 23.9 Å². The van der Waals surface area contributed by atoms with Crippen molar-refractivity contribution >= 4 is 27.7 Å². The van der Waals surface area contributed by atoms with Crippen LogP contribution in [-0.4, -0.2) is 35.4 Å². The molecule has 4 nitrogen and oxygen atoms in total. The molecule has 1 aliphatic carbocycles. The molecule has 104 valence electrons. The maximum absolute atomic E-state index is 12.7. The predicted molar refractivity (Wildman–Crippen MR) is 80.4 cm³/mol. The molecular weight excluding hydrogens is 306 g/mol. The molecule has 0 unspecified atom stereocenters. The number of nitrogens with one attached hydrogen (secondary N) is 1. The molecule has 1 N–H and O–H groups in total. The SMILES string of the molecule is CNc1ncc(Br)cc1C(=O)N(CC(C)C)C1CC1. The number of pyridine rings is 1. The summed E-state index contributed by atoms with van der Waals surface area (Å²) in [6.07, 6.45) is 3.94. The molecule has 5 heteroatoms. The smallest absolute Gasteiger partial charge is 0.257 e. The lowest BCUT2D eigenvalue weighted by atomic mass is 10.1. The molecule has 0 saturated heterocycles. The molecule has 1 fully saturated rings. The number of anilines is 1. The van der Waals surface area contributed by atoms with Crippen molar-refractivity contribution in [3.63, 3.8) is 0 Å². The number of amides is 1. The van der Waals surface area contributed by atoms with Crippen LogP contribution in [0.1, 0.15) is 37.0 Å². The zero-order valence-electron chi connectivity index (χ0n) is 11.6. The Labute approximate surface area is 122 Å². The fraction of sp³-hybridized carbons (Fsp3) is 0.571. The Bertz CT molecular complexity index is 472. The summed E-state index contributed by atoms with van der Waals surface area (Å²) in [4.78, 5) is 19.0. The summed E-state index contributed by atoms with van der Waals surface area (Å²) in [5, 5.41) is 2.99. The Morgan fingerprint density at radius 1 is 1.58 bits per heavy atom. The Hall–Kier alpha value is -1.10. The van der Waals surface area contributed by atoms with Crippen molar-refractivity contribution in [2.75, 3.05) is 18.9 Å². The van der Waals surface area contributed by atoms with Gasteiger partial charge in [0, 0.05) is 30.3 Å². The zero-order chi connectivity index (χ0) is 14.0. The first-order chi connectivity index (χ1) is 9.02. The molecule has 19 heavy (non-hydrogen) atoms. The third-order valence-electron chi connectivity index (χ3n) is 3.13. The van der Waals surface area contributed by atoms with Crippen molar-refractivity contribution in [2.24, 2.45) is 5.92 Å². The van der Waals surface area contributed by atoms with Gasteiger partial charge < -0.3 is 10.2 Å². The van der Waals surface area contributed by atoms with Gasteiger partial charge in [-0.25, -0.2) is 4.98 Å². The second kappa shape index (κ2) is 5.90. The van der Waals surface area contributed by atoms with Gasteiger partial charge >= 0.3 is 0 Å².